The monoisotopic (exact) mass is 255 g/mol. The van der Waals surface area contributed by atoms with E-state index in [-0.39, 0.29) is 18.7 Å². The van der Waals surface area contributed by atoms with E-state index >= 15 is 0 Å². The Morgan fingerprint density at radius 2 is 1.89 bits per heavy atom. The molecule has 1 heterocycles. The van der Waals surface area contributed by atoms with Gasteiger partial charge >= 0.3 is 6.30 Å². The predicted molar refractivity (Wildman–Crippen MR) is 62.1 cm³/mol. The van der Waals surface area contributed by atoms with Crippen molar-refractivity contribution in [1.82, 2.24) is 9.97 Å². The number of rotatable bonds is 4. The maximum atomic E-state index is 12.9. The number of H-pyrrole nitrogens is 1. The number of nitrogens with one attached hydrogen (secondary N) is 1. The second-order valence-corrected chi connectivity index (χ2v) is 3.78. The van der Waals surface area contributed by atoms with Crippen LogP contribution in [0.5, 0.6) is 0 Å². The van der Waals surface area contributed by atoms with Gasteiger partial charge in [0.1, 0.15) is 0 Å². The zero-order valence-corrected chi connectivity index (χ0v) is 9.48. The van der Waals surface area contributed by atoms with Gasteiger partial charge in [-0.3, -0.25) is 4.90 Å². The average molecular weight is 255 g/mol. The first kappa shape index (κ1) is 12.5. The zero-order chi connectivity index (χ0) is 13.0. The number of alkyl halides is 3. The number of benzene rings is 1. The van der Waals surface area contributed by atoms with Crippen molar-refractivity contribution in [1.29, 1.82) is 0 Å². The number of aromatic amines is 1. The molecule has 0 radical (unpaired) electrons. The normalized spacial score (nSPS) is 11.5. The van der Waals surface area contributed by atoms with E-state index in [9.17, 15) is 13.2 Å². The standard InChI is InChI=1S/C12H12F3N3/c13-12(14,15)18(11-4-2-1-3-5-11)7-6-10-8-16-9-17-10/h1-5,8-9H,6-7H2,(H,16,17). The van der Waals surface area contributed by atoms with Crippen molar-refractivity contribution in [2.75, 3.05) is 11.4 Å². The van der Waals surface area contributed by atoms with E-state index in [1.807, 2.05) is 0 Å². The molecule has 2 aromatic rings. The van der Waals surface area contributed by atoms with E-state index in [1.165, 1.54) is 24.7 Å². The fourth-order valence-electron chi connectivity index (χ4n) is 1.66. The van der Waals surface area contributed by atoms with E-state index in [2.05, 4.69) is 9.97 Å². The smallest absolute Gasteiger partial charge is 0.348 e. The Bertz CT molecular complexity index is 465. The van der Waals surface area contributed by atoms with Gasteiger partial charge in [-0.15, -0.1) is 0 Å². The Hall–Kier alpha value is -1.98. The first-order chi connectivity index (χ1) is 8.57. The lowest BCUT2D eigenvalue weighted by Crippen LogP contribution is -2.39. The van der Waals surface area contributed by atoms with Gasteiger partial charge in [-0.1, -0.05) is 18.2 Å². The molecule has 18 heavy (non-hydrogen) atoms. The third-order valence-electron chi connectivity index (χ3n) is 2.53. The van der Waals surface area contributed by atoms with E-state index in [0.717, 1.165) is 0 Å². The number of halogens is 3. The topological polar surface area (TPSA) is 31.9 Å². The van der Waals surface area contributed by atoms with Gasteiger partial charge in [-0.2, -0.15) is 13.2 Å². The first-order valence-electron chi connectivity index (χ1n) is 5.44. The summed E-state index contributed by atoms with van der Waals surface area (Å²) in [4.78, 5) is 6.99. The van der Waals surface area contributed by atoms with E-state index in [0.29, 0.717) is 10.6 Å². The maximum absolute atomic E-state index is 12.9. The van der Waals surface area contributed by atoms with Gasteiger partial charge in [0.25, 0.3) is 0 Å². The summed E-state index contributed by atoms with van der Waals surface area (Å²) in [6.07, 6.45) is -1.15. The number of hydrogen-bond acceptors (Lipinski definition) is 2. The van der Waals surface area contributed by atoms with Crippen molar-refractivity contribution in [3.63, 3.8) is 0 Å². The fraction of sp³-hybridized carbons (Fsp3) is 0.250. The van der Waals surface area contributed by atoms with Gasteiger partial charge in [0.15, 0.2) is 0 Å². The molecule has 0 saturated heterocycles. The maximum Gasteiger partial charge on any atom is 0.484 e. The number of imidazole rings is 1. The molecule has 0 fully saturated rings. The third kappa shape index (κ3) is 3.03. The van der Waals surface area contributed by atoms with Crippen LogP contribution in [-0.2, 0) is 6.42 Å². The molecular weight excluding hydrogens is 243 g/mol. The molecule has 0 aliphatic heterocycles. The summed E-state index contributed by atoms with van der Waals surface area (Å²) in [5, 5.41) is 0. The number of para-hydroxylation sites is 1. The molecule has 2 rings (SSSR count). The first-order valence-corrected chi connectivity index (χ1v) is 5.44. The molecule has 96 valence electrons. The predicted octanol–water partition coefficient (Wildman–Crippen LogP) is 2.98. The summed E-state index contributed by atoms with van der Waals surface area (Å²) < 4.78 is 38.8. The Kier molecular flexibility index (Phi) is 3.55. The minimum absolute atomic E-state index is 0.143. The molecule has 6 heteroatoms. The van der Waals surface area contributed by atoms with Crippen molar-refractivity contribution >= 4 is 5.69 Å². The van der Waals surface area contributed by atoms with Gasteiger partial charge in [0, 0.05) is 30.5 Å². The Morgan fingerprint density at radius 3 is 2.44 bits per heavy atom. The molecule has 0 aliphatic rings. The Labute approximate surface area is 102 Å². The molecule has 1 aromatic heterocycles. The number of nitrogens with zero attached hydrogens (tertiary/aromatic N) is 2. The molecule has 0 unspecified atom stereocenters. The molecule has 3 nitrogen and oxygen atoms in total. The van der Waals surface area contributed by atoms with Crippen LogP contribution in [0.25, 0.3) is 0 Å². The van der Waals surface area contributed by atoms with Crippen LogP contribution >= 0.6 is 0 Å². The highest BCUT2D eigenvalue weighted by atomic mass is 19.4. The molecule has 1 N–H and O–H groups in total. The lowest BCUT2D eigenvalue weighted by atomic mass is 10.2. The molecule has 1 aromatic carbocycles. The van der Waals surface area contributed by atoms with Gasteiger partial charge < -0.3 is 4.98 Å². The van der Waals surface area contributed by atoms with Crippen molar-refractivity contribution in [3.8, 4) is 0 Å². The van der Waals surface area contributed by atoms with Crippen molar-refractivity contribution < 1.29 is 13.2 Å². The minimum atomic E-state index is -4.39. The summed E-state index contributed by atoms with van der Waals surface area (Å²) in [6.45, 7) is -0.143. The van der Waals surface area contributed by atoms with Gasteiger partial charge in [-0.05, 0) is 12.1 Å². The number of aromatic nitrogens is 2. The van der Waals surface area contributed by atoms with Crippen LogP contribution in [0.1, 0.15) is 5.69 Å². The molecule has 0 saturated carbocycles. The lowest BCUT2D eigenvalue weighted by molar-refractivity contribution is -0.129. The number of hydrogen-bond donors (Lipinski definition) is 1. The molecule has 0 amide bonds. The largest absolute Gasteiger partial charge is 0.484 e. The molecule has 0 spiro atoms. The van der Waals surface area contributed by atoms with E-state index in [4.69, 9.17) is 0 Å². The van der Waals surface area contributed by atoms with E-state index < -0.39 is 6.30 Å². The van der Waals surface area contributed by atoms with Crippen molar-refractivity contribution in [2.45, 2.75) is 12.7 Å². The summed E-state index contributed by atoms with van der Waals surface area (Å²) >= 11 is 0. The van der Waals surface area contributed by atoms with Gasteiger partial charge in [-0.25, -0.2) is 4.98 Å². The summed E-state index contributed by atoms with van der Waals surface area (Å²) in [7, 11) is 0. The third-order valence-corrected chi connectivity index (χ3v) is 2.53. The highest BCUT2D eigenvalue weighted by Crippen LogP contribution is 2.28. The van der Waals surface area contributed by atoms with Crippen LogP contribution < -0.4 is 4.90 Å². The fourth-order valence-corrected chi connectivity index (χ4v) is 1.66. The van der Waals surface area contributed by atoms with E-state index in [1.54, 1.807) is 18.2 Å². The summed E-state index contributed by atoms with van der Waals surface area (Å²) in [5.41, 5.74) is 0.824. The van der Waals surface area contributed by atoms with Gasteiger partial charge in [0.2, 0.25) is 0 Å². The van der Waals surface area contributed by atoms with Crippen LogP contribution in [0.4, 0.5) is 18.9 Å². The zero-order valence-electron chi connectivity index (χ0n) is 9.48. The highest BCUT2D eigenvalue weighted by molar-refractivity contribution is 5.46. The molecule has 0 bridgehead atoms. The lowest BCUT2D eigenvalue weighted by Gasteiger charge is -2.26. The van der Waals surface area contributed by atoms with Crippen LogP contribution in [0.15, 0.2) is 42.9 Å². The summed E-state index contributed by atoms with van der Waals surface area (Å²) in [5.74, 6) is 0. The van der Waals surface area contributed by atoms with Crippen LogP contribution in [0, 0.1) is 0 Å². The quantitative estimate of drug-likeness (QED) is 0.852. The Balaban J connectivity index is 2.12. The second kappa shape index (κ2) is 5.12. The second-order valence-electron chi connectivity index (χ2n) is 3.78. The van der Waals surface area contributed by atoms with Crippen molar-refractivity contribution in [3.05, 3.63) is 48.5 Å². The molecule has 0 atom stereocenters. The average Bonchev–Trinajstić information content (AvgIpc) is 2.82. The Morgan fingerprint density at radius 1 is 1.17 bits per heavy atom. The SMILES string of the molecule is FC(F)(F)N(CCc1cnc[nH]1)c1ccccc1. The highest BCUT2D eigenvalue weighted by Gasteiger charge is 2.37. The number of anilines is 1. The van der Waals surface area contributed by atoms with Crippen LogP contribution in [0.2, 0.25) is 0 Å². The summed E-state index contributed by atoms with van der Waals surface area (Å²) in [6, 6.07) is 7.75. The molecule has 0 aliphatic carbocycles. The molecular formula is C12H12F3N3. The van der Waals surface area contributed by atoms with Crippen LogP contribution in [0.3, 0.4) is 0 Å². The van der Waals surface area contributed by atoms with Gasteiger partial charge in [0.05, 0.1) is 6.33 Å². The minimum Gasteiger partial charge on any atom is -0.348 e. The van der Waals surface area contributed by atoms with Crippen LogP contribution in [-0.4, -0.2) is 22.8 Å². The van der Waals surface area contributed by atoms with Crippen molar-refractivity contribution in [2.24, 2.45) is 0 Å².